The summed E-state index contributed by atoms with van der Waals surface area (Å²) in [5.41, 5.74) is 0.462. The summed E-state index contributed by atoms with van der Waals surface area (Å²) in [5, 5.41) is 0.493. The minimum absolute atomic E-state index is 0.301. The van der Waals surface area contributed by atoms with Crippen LogP contribution in [0.25, 0.3) is 0 Å². The summed E-state index contributed by atoms with van der Waals surface area (Å²) in [4.78, 5) is 0.955. The second-order valence-electron chi connectivity index (χ2n) is 3.48. The number of anilines is 1. The van der Waals surface area contributed by atoms with Crippen molar-refractivity contribution in [3.05, 3.63) is 46.3 Å². The Kier molecular flexibility index (Phi) is 3.42. The highest BCUT2D eigenvalue weighted by atomic mass is 35.5. The zero-order valence-corrected chi connectivity index (χ0v) is 11.4. The lowest BCUT2D eigenvalue weighted by atomic mass is 10.3. The predicted molar refractivity (Wildman–Crippen MR) is 71.3 cm³/mol. The van der Waals surface area contributed by atoms with E-state index in [1.165, 1.54) is 11.3 Å². The van der Waals surface area contributed by atoms with Gasteiger partial charge < -0.3 is 0 Å². The molecule has 2 rings (SSSR count). The number of sulfonamides is 1. The normalized spacial score (nSPS) is 11.4. The molecule has 0 bridgehead atoms. The number of benzene rings is 1. The minimum Gasteiger partial charge on any atom is -0.279 e. The fraction of sp³-hybridized carbons (Fsp3) is 0.0909. The molecule has 17 heavy (non-hydrogen) atoms. The first kappa shape index (κ1) is 12.4. The lowest BCUT2D eigenvalue weighted by molar-refractivity contribution is 0.603. The van der Waals surface area contributed by atoms with Crippen molar-refractivity contribution in [3.8, 4) is 0 Å². The van der Waals surface area contributed by atoms with Crippen LogP contribution in [-0.2, 0) is 10.0 Å². The highest BCUT2D eigenvalue weighted by Gasteiger charge is 2.16. The molecule has 0 saturated heterocycles. The molecule has 0 aliphatic carbocycles. The maximum atomic E-state index is 12.0. The fourth-order valence-electron chi connectivity index (χ4n) is 1.31. The van der Waals surface area contributed by atoms with E-state index in [2.05, 4.69) is 4.72 Å². The van der Waals surface area contributed by atoms with E-state index >= 15 is 0 Å². The quantitative estimate of drug-likeness (QED) is 0.939. The second kappa shape index (κ2) is 4.68. The van der Waals surface area contributed by atoms with Gasteiger partial charge in [-0.3, -0.25) is 4.72 Å². The largest absolute Gasteiger partial charge is 0.279 e. The molecule has 6 heteroatoms. The summed E-state index contributed by atoms with van der Waals surface area (Å²) in [6.45, 7) is 1.86. The van der Waals surface area contributed by atoms with Gasteiger partial charge in [-0.05, 0) is 37.3 Å². The van der Waals surface area contributed by atoms with E-state index in [1.807, 2.05) is 6.92 Å². The molecule has 90 valence electrons. The van der Waals surface area contributed by atoms with Crippen LogP contribution in [0.1, 0.15) is 4.88 Å². The first-order chi connectivity index (χ1) is 7.97. The molecule has 1 heterocycles. The Labute approximate surface area is 109 Å². The molecule has 0 fully saturated rings. The number of rotatable bonds is 3. The summed E-state index contributed by atoms with van der Waals surface area (Å²) >= 11 is 7.03. The van der Waals surface area contributed by atoms with E-state index in [4.69, 9.17) is 11.6 Å². The molecule has 0 unspecified atom stereocenters. The molecule has 0 saturated carbocycles. The Morgan fingerprint density at radius 2 is 2.00 bits per heavy atom. The topological polar surface area (TPSA) is 46.2 Å². The van der Waals surface area contributed by atoms with Gasteiger partial charge in [0.25, 0.3) is 10.0 Å². The standard InChI is InChI=1S/C11H10ClNO2S2/c1-8-5-6-11(16-8)17(14,15)13-10-4-2-3-9(12)7-10/h2-7,13H,1H3. The third kappa shape index (κ3) is 3.00. The van der Waals surface area contributed by atoms with E-state index in [9.17, 15) is 8.42 Å². The van der Waals surface area contributed by atoms with Crippen molar-refractivity contribution in [2.45, 2.75) is 11.1 Å². The second-order valence-corrected chi connectivity index (χ2v) is 7.11. The van der Waals surface area contributed by atoms with Gasteiger partial charge in [-0.1, -0.05) is 17.7 Å². The van der Waals surface area contributed by atoms with Crippen LogP contribution in [0.15, 0.2) is 40.6 Å². The zero-order chi connectivity index (χ0) is 12.5. The SMILES string of the molecule is Cc1ccc(S(=O)(=O)Nc2cccc(Cl)c2)s1. The van der Waals surface area contributed by atoms with Crippen LogP contribution in [0, 0.1) is 6.92 Å². The molecule has 1 N–H and O–H groups in total. The molecule has 0 aliphatic heterocycles. The van der Waals surface area contributed by atoms with Crippen LogP contribution in [-0.4, -0.2) is 8.42 Å². The summed E-state index contributed by atoms with van der Waals surface area (Å²) in [6.07, 6.45) is 0. The molecular formula is C11H10ClNO2S2. The molecule has 0 amide bonds. The van der Waals surface area contributed by atoms with Crippen molar-refractivity contribution in [2.75, 3.05) is 4.72 Å². The van der Waals surface area contributed by atoms with Crippen LogP contribution in [0.3, 0.4) is 0 Å². The van der Waals surface area contributed by atoms with Gasteiger partial charge in [0.05, 0.1) is 5.69 Å². The number of aryl methyl sites for hydroxylation is 1. The van der Waals surface area contributed by atoms with Crippen LogP contribution < -0.4 is 4.72 Å². The van der Waals surface area contributed by atoms with Gasteiger partial charge in [-0.15, -0.1) is 11.3 Å². The van der Waals surface area contributed by atoms with Crippen LogP contribution in [0.2, 0.25) is 5.02 Å². The summed E-state index contributed by atoms with van der Waals surface area (Å²) in [6, 6.07) is 9.97. The summed E-state index contributed by atoms with van der Waals surface area (Å²) in [5.74, 6) is 0. The van der Waals surface area contributed by atoms with Crippen molar-refractivity contribution in [2.24, 2.45) is 0 Å². The number of thiophene rings is 1. The molecule has 1 aromatic carbocycles. The van der Waals surface area contributed by atoms with Crippen molar-refractivity contribution in [3.63, 3.8) is 0 Å². The number of halogens is 1. The third-order valence-electron chi connectivity index (χ3n) is 2.06. The molecule has 3 nitrogen and oxygen atoms in total. The number of hydrogen-bond acceptors (Lipinski definition) is 3. The van der Waals surface area contributed by atoms with Crippen molar-refractivity contribution < 1.29 is 8.42 Å². The molecular weight excluding hydrogens is 278 g/mol. The van der Waals surface area contributed by atoms with Gasteiger partial charge in [-0.25, -0.2) is 8.42 Å². The monoisotopic (exact) mass is 287 g/mol. The van der Waals surface area contributed by atoms with Gasteiger partial charge >= 0.3 is 0 Å². The first-order valence-corrected chi connectivity index (χ1v) is 7.50. The van der Waals surface area contributed by atoms with E-state index in [1.54, 1.807) is 36.4 Å². The van der Waals surface area contributed by atoms with Crippen molar-refractivity contribution >= 4 is 38.6 Å². The minimum atomic E-state index is -3.50. The molecule has 0 aliphatic rings. The molecule has 0 radical (unpaired) electrons. The lowest BCUT2D eigenvalue weighted by Gasteiger charge is -2.06. The summed E-state index contributed by atoms with van der Waals surface area (Å²) in [7, 11) is -3.50. The third-order valence-corrected chi connectivity index (χ3v) is 5.17. The Balaban J connectivity index is 2.29. The van der Waals surface area contributed by atoms with Gasteiger partial charge in [0.15, 0.2) is 0 Å². The zero-order valence-electron chi connectivity index (χ0n) is 8.98. The summed E-state index contributed by atoms with van der Waals surface area (Å²) < 4.78 is 26.8. The van der Waals surface area contributed by atoms with E-state index in [-0.39, 0.29) is 0 Å². The average molecular weight is 288 g/mol. The number of nitrogens with one attached hydrogen (secondary N) is 1. The van der Waals surface area contributed by atoms with E-state index in [0.29, 0.717) is 14.9 Å². The van der Waals surface area contributed by atoms with E-state index < -0.39 is 10.0 Å². The highest BCUT2D eigenvalue weighted by molar-refractivity contribution is 7.94. The molecule has 2 aromatic rings. The first-order valence-electron chi connectivity index (χ1n) is 4.82. The fourth-order valence-corrected chi connectivity index (χ4v) is 3.84. The average Bonchev–Trinajstić information content (AvgIpc) is 2.65. The highest BCUT2D eigenvalue weighted by Crippen LogP contribution is 2.24. The Morgan fingerprint density at radius 3 is 2.59 bits per heavy atom. The van der Waals surface area contributed by atoms with Gasteiger partial charge in [0.2, 0.25) is 0 Å². The number of hydrogen-bond donors (Lipinski definition) is 1. The Morgan fingerprint density at radius 1 is 1.24 bits per heavy atom. The predicted octanol–water partition coefficient (Wildman–Crippen LogP) is 3.51. The molecule has 0 atom stereocenters. The Hall–Kier alpha value is -1.04. The lowest BCUT2D eigenvalue weighted by Crippen LogP contribution is -2.11. The molecule has 0 spiro atoms. The van der Waals surface area contributed by atoms with Gasteiger partial charge in [-0.2, -0.15) is 0 Å². The molecule has 1 aromatic heterocycles. The maximum absolute atomic E-state index is 12.0. The Bertz CT molecular complexity index is 634. The van der Waals surface area contributed by atoms with Crippen LogP contribution in [0.5, 0.6) is 0 Å². The van der Waals surface area contributed by atoms with Crippen LogP contribution in [0.4, 0.5) is 5.69 Å². The van der Waals surface area contributed by atoms with E-state index in [0.717, 1.165) is 4.88 Å². The van der Waals surface area contributed by atoms with Crippen molar-refractivity contribution in [1.29, 1.82) is 0 Å². The van der Waals surface area contributed by atoms with Crippen LogP contribution >= 0.6 is 22.9 Å². The van der Waals surface area contributed by atoms with Crippen molar-refractivity contribution in [1.82, 2.24) is 0 Å². The van der Waals surface area contributed by atoms with Gasteiger partial charge in [0.1, 0.15) is 4.21 Å². The smallest absolute Gasteiger partial charge is 0.271 e. The maximum Gasteiger partial charge on any atom is 0.271 e. The van der Waals surface area contributed by atoms with Gasteiger partial charge in [0, 0.05) is 9.90 Å².